The van der Waals surface area contributed by atoms with Gasteiger partial charge in [0, 0.05) is 36.8 Å². The number of anilines is 1. The summed E-state index contributed by atoms with van der Waals surface area (Å²) in [6.45, 7) is 2.84. The predicted molar refractivity (Wildman–Crippen MR) is 124 cm³/mol. The first-order chi connectivity index (χ1) is 15.1. The summed E-state index contributed by atoms with van der Waals surface area (Å²) in [4.78, 5) is 17.8. The molecule has 0 amide bonds. The van der Waals surface area contributed by atoms with Gasteiger partial charge in [-0.15, -0.1) is 0 Å². The minimum Gasteiger partial charge on any atom is -0.483 e. The average molecular weight is 443 g/mol. The highest BCUT2D eigenvalue weighted by Gasteiger charge is 2.27. The van der Waals surface area contributed by atoms with E-state index in [1.54, 1.807) is 17.2 Å². The predicted octanol–water partition coefficient (Wildman–Crippen LogP) is 3.41. The molecule has 8 nitrogen and oxygen atoms in total. The van der Waals surface area contributed by atoms with E-state index < -0.39 is 0 Å². The number of nitrogens with zero attached hydrogens (tertiary/aromatic N) is 6. The summed E-state index contributed by atoms with van der Waals surface area (Å²) < 4.78 is 2.55. The van der Waals surface area contributed by atoms with Crippen molar-refractivity contribution in [3.8, 4) is 0 Å². The van der Waals surface area contributed by atoms with Gasteiger partial charge in [0.2, 0.25) is 0 Å². The van der Waals surface area contributed by atoms with Gasteiger partial charge in [0.1, 0.15) is 5.82 Å². The van der Waals surface area contributed by atoms with E-state index in [0.29, 0.717) is 12.1 Å². The molecule has 2 aliphatic rings. The van der Waals surface area contributed by atoms with Crippen LogP contribution in [-0.4, -0.2) is 60.7 Å². The van der Waals surface area contributed by atoms with Crippen molar-refractivity contribution in [2.24, 2.45) is 0 Å². The second-order valence-corrected chi connectivity index (χ2v) is 9.38. The molecule has 1 atom stereocenters. The van der Waals surface area contributed by atoms with Crippen molar-refractivity contribution in [1.82, 2.24) is 24.5 Å². The second-order valence-electron chi connectivity index (χ2n) is 8.15. The van der Waals surface area contributed by atoms with Crippen LogP contribution in [0.2, 0.25) is 0 Å². The summed E-state index contributed by atoms with van der Waals surface area (Å²) in [5.74, 6) is 3.68. The van der Waals surface area contributed by atoms with Crippen molar-refractivity contribution in [3.63, 3.8) is 0 Å². The zero-order valence-corrected chi connectivity index (χ0v) is 19.0. The molecular formula is C22H30N6O2S. The Bertz CT molecular complexity index is 1010. The van der Waals surface area contributed by atoms with E-state index in [2.05, 4.69) is 57.5 Å². The van der Waals surface area contributed by atoms with E-state index in [1.165, 1.54) is 58.9 Å². The van der Waals surface area contributed by atoms with Crippen LogP contribution in [0.5, 0.6) is 0 Å². The first-order valence-corrected chi connectivity index (χ1v) is 12.0. The molecule has 0 aliphatic carbocycles. The third-order valence-corrected chi connectivity index (χ3v) is 7.48. The van der Waals surface area contributed by atoms with Crippen molar-refractivity contribution in [1.29, 1.82) is 0 Å². The van der Waals surface area contributed by atoms with Gasteiger partial charge in [-0.05, 0) is 56.2 Å². The summed E-state index contributed by atoms with van der Waals surface area (Å²) in [5, 5.41) is 15.4. The van der Waals surface area contributed by atoms with Crippen LogP contribution in [0.1, 0.15) is 43.6 Å². The fourth-order valence-electron chi connectivity index (χ4n) is 4.70. The van der Waals surface area contributed by atoms with Gasteiger partial charge in [-0.1, -0.05) is 0 Å². The molecule has 2 aliphatic heterocycles. The van der Waals surface area contributed by atoms with Crippen LogP contribution >= 0.6 is 11.8 Å². The number of imidazole rings is 1. The van der Waals surface area contributed by atoms with Crippen molar-refractivity contribution in [2.75, 3.05) is 23.5 Å². The molecule has 1 unspecified atom stereocenters. The Labute approximate surface area is 186 Å². The van der Waals surface area contributed by atoms with Gasteiger partial charge < -0.3 is 14.6 Å². The van der Waals surface area contributed by atoms with Crippen molar-refractivity contribution < 1.29 is 9.90 Å². The number of fused-ring (bicyclic) bond motifs is 3. The first kappa shape index (κ1) is 21.7. The molecule has 1 N–H and O–H groups in total. The fourth-order valence-corrected chi connectivity index (χ4v) is 5.78. The summed E-state index contributed by atoms with van der Waals surface area (Å²) in [7, 11) is 2.22. The number of aryl methyl sites for hydroxylation is 3. The molecule has 1 fully saturated rings. The molecule has 5 rings (SSSR count). The van der Waals surface area contributed by atoms with Crippen LogP contribution in [0.4, 0.5) is 5.69 Å². The van der Waals surface area contributed by atoms with Gasteiger partial charge in [0.15, 0.2) is 0 Å². The maximum absolute atomic E-state index is 8.36. The zero-order chi connectivity index (χ0) is 21.8. The number of aromatic nitrogens is 5. The second kappa shape index (κ2) is 9.72. The van der Waals surface area contributed by atoms with Gasteiger partial charge in [0.05, 0.1) is 30.0 Å². The van der Waals surface area contributed by atoms with Crippen LogP contribution < -0.4 is 4.90 Å². The van der Waals surface area contributed by atoms with Crippen LogP contribution in [0, 0.1) is 0 Å². The van der Waals surface area contributed by atoms with Crippen molar-refractivity contribution in [2.45, 2.75) is 57.7 Å². The molecule has 1 aromatic carbocycles. The molecule has 0 spiro atoms. The molecular weight excluding hydrogens is 412 g/mol. The van der Waals surface area contributed by atoms with Gasteiger partial charge in [-0.2, -0.15) is 26.8 Å². The molecule has 0 radical (unpaired) electrons. The molecule has 3 aromatic rings. The fraction of sp³-hybridized carbons (Fsp3) is 0.545. The van der Waals surface area contributed by atoms with E-state index in [9.17, 15) is 0 Å². The lowest BCUT2D eigenvalue weighted by atomic mass is 9.96. The highest BCUT2D eigenvalue weighted by Crippen LogP contribution is 2.38. The van der Waals surface area contributed by atoms with E-state index in [4.69, 9.17) is 14.9 Å². The summed E-state index contributed by atoms with van der Waals surface area (Å²) in [5.41, 5.74) is 5.33. The number of thioether (sulfide) groups is 1. The molecule has 0 bridgehead atoms. The topological polar surface area (TPSA) is 89.1 Å². The molecule has 9 heteroatoms. The van der Waals surface area contributed by atoms with Crippen LogP contribution in [0.3, 0.4) is 0 Å². The van der Waals surface area contributed by atoms with Crippen LogP contribution in [0.15, 0.2) is 24.5 Å². The lowest BCUT2D eigenvalue weighted by molar-refractivity contribution is -0.122. The highest BCUT2D eigenvalue weighted by atomic mass is 32.2. The Morgan fingerprint density at radius 1 is 1.19 bits per heavy atom. The summed E-state index contributed by atoms with van der Waals surface area (Å²) in [6, 6.07) is 5.78. The Kier molecular flexibility index (Phi) is 6.80. The Hall–Kier alpha value is -2.55. The monoisotopic (exact) mass is 442 g/mol. The Balaban J connectivity index is 0.000000730. The van der Waals surface area contributed by atoms with Crippen LogP contribution in [-0.2, 0) is 24.2 Å². The third kappa shape index (κ3) is 4.42. The number of hydrogen-bond donors (Lipinski definition) is 1. The van der Waals surface area contributed by atoms with E-state index in [0.717, 1.165) is 19.4 Å². The molecule has 2 aromatic heterocycles. The standard InChI is InChI=1S/C21H28N6S.CH2O2/c1-15-3-4-17-18(25(15)2)5-6-19-21(17)24-20(7-12-26-22-10-11-23-26)27(19)16-8-13-28-14-9-16;2-1-3/h5-6,10-11,15-16H,3-4,7-9,12-14H2,1-2H3;1H,(H,2,3). The van der Waals surface area contributed by atoms with Crippen molar-refractivity contribution >= 4 is 35.0 Å². The number of rotatable bonds is 4. The number of carboxylic acid groups (broad SMARTS) is 1. The Morgan fingerprint density at radius 2 is 1.90 bits per heavy atom. The SMILES string of the molecule is CC1CCc2c(ccc3c2nc(CCn2nccn2)n3C2CCSCC2)N1C.O=CO. The molecule has 0 saturated carbocycles. The largest absolute Gasteiger partial charge is 0.483 e. The Morgan fingerprint density at radius 3 is 2.61 bits per heavy atom. The first-order valence-electron chi connectivity index (χ1n) is 10.9. The normalized spacial score (nSPS) is 19.0. The molecule has 166 valence electrons. The van der Waals surface area contributed by atoms with Crippen molar-refractivity contribution in [3.05, 3.63) is 35.9 Å². The smallest absolute Gasteiger partial charge is 0.290 e. The van der Waals surface area contributed by atoms with E-state index in [1.807, 2.05) is 0 Å². The van der Waals surface area contributed by atoms with Gasteiger partial charge >= 0.3 is 0 Å². The average Bonchev–Trinajstić information content (AvgIpc) is 3.43. The summed E-state index contributed by atoms with van der Waals surface area (Å²) in [6.07, 6.45) is 9.14. The van der Waals surface area contributed by atoms with Gasteiger partial charge in [0.25, 0.3) is 6.47 Å². The zero-order valence-electron chi connectivity index (χ0n) is 18.1. The van der Waals surface area contributed by atoms with E-state index in [-0.39, 0.29) is 6.47 Å². The third-order valence-electron chi connectivity index (χ3n) is 6.43. The highest BCUT2D eigenvalue weighted by molar-refractivity contribution is 7.99. The lowest BCUT2D eigenvalue weighted by Crippen LogP contribution is -2.33. The number of carbonyl (C=O) groups is 1. The quantitative estimate of drug-likeness (QED) is 0.619. The van der Waals surface area contributed by atoms with Gasteiger partial charge in [-0.25, -0.2) is 4.98 Å². The molecule has 1 saturated heterocycles. The minimum atomic E-state index is -0.250. The molecule has 31 heavy (non-hydrogen) atoms. The number of hydrogen-bond acceptors (Lipinski definition) is 6. The minimum absolute atomic E-state index is 0.250. The summed E-state index contributed by atoms with van der Waals surface area (Å²) >= 11 is 2.08. The lowest BCUT2D eigenvalue weighted by Gasteiger charge is -2.34. The maximum Gasteiger partial charge on any atom is 0.290 e. The maximum atomic E-state index is 8.36. The van der Waals surface area contributed by atoms with Gasteiger partial charge in [-0.3, -0.25) is 4.79 Å². The number of benzene rings is 1. The van der Waals surface area contributed by atoms with E-state index >= 15 is 0 Å². The van der Waals surface area contributed by atoms with Crippen LogP contribution in [0.25, 0.3) is 11.0 Å². The molecule has 4 heterocycles.